The smallest absolute Gasteiger partial charge is 0.268 e. The molecule has 4 rings (SSSR count). The summed E-state index contributed by atoms with van der Waals surface area (Å²) in [5.41, 5.74) is 2.71. The van der Waals surface area contributed by atoms with Gasteiger partial charge in [0, 0.05) is 10.6 Å². The molecule has 6 nitrogen and oxygen atoms in total. The normalized spacial score (nSPS) is 10.8. The largest absolute Gasteiger partial charge is 0.489 e. The molecule has 0 spiro atoms. The second-order valence-electron chi connectivity index (χ2n) is 6.87. The number of amides is 1. The summed E-state index contributed by atoms with van der Waals surface area (Å²) in [6, 6.07) is 13.4. The quantitative estimate of drug-likeness (QED) is 0.408. The first-order valence-electron chi connectivity index (χ1n) is 9.38. The van der Waals surface area contributed by atoms with Crippen molar-refractivity contribution in [1.82, 2.24) is 14.8 Å². The monoisotopic (exact) mass is 456 g/mol. The van der Waals surface area contributed by atoms with Crippen LogP contribution in [0.3, 0.4) is 0 Å². The van der Waals surface area contributed by atoms with Gasteiger partial charge >= 0.3 is 0 Å². The number of thiophene rings is 1. The van der Waals surface area contributed by atoms with E-state index in [-0.39, 0.29) is 17.7 Å². The van der Waals surface area contributed by atoms with Crippen LogP contribution >= 0.6 is 22.9 Å². The lowest BCUT2D eigenvalue weighted by atomic mass is 10.2. The Bertz CT molecular complexity index is 1210. The minimum Gasteiger partial charge on any atom is -0.489 e. The summed E-state index contributed by atoms with van der Waals surface area (Å²) in [5, 5.41) is 9.49. The molecule has 2 aromatic carbocycles. The molecule has 0 aliphatic carbocycles. The van der Waals surface area contributed by atoms with Crippen molar-refractivity contribution < 1.29 is 13.9 Å². The van der Waals surface area contributed by atoms with E-state index < -0.39 is 0 Å². The molecule has 9 heteroatoms. The van der Waals surface area contributed by atoms with Crippen LogP contribution in [-0.2, 0) is 13.2 Å². The van der Waals surface area contributed by atoms with Crippen molar-refractivity contribution in [3.8, 4) is 5.75 Å². The fourth-order valence-corrected chi connectivity index (χ4v) is 3.72. The van der Waals surface area contributed by atoms with Gasteiger partial charge in [-0.05, 0) is 59.8 Å². The highest BCUT2D eigenvalue weighted by molar-refractivity contribution is 7.12. The minimum absolute atomic E-state index is 0.204. The Labute approximate surface area is 187 Å². The van der Waals surface area contributed by atoms with Crippen LogP contribution in [0.15, 0.2) is 60.2 Å². The fourth-order valence-electron chi connectivity index (χ4n) is 2.81. The second kappa shape index (κ2) is 9.28. The van der Waals surface area contributed by atoms with Gasteiger partial charge < -0.3 is 4.74 Å². The molecule has 0 aliphatic rings. The number of nitrogens with one attached hydrogen (secondary N) is 1. The van der Waals surface area contributed by atoms with Crippen molar-refractivity contribution in [2.45, 2.75) is 20.1 Å². The maximum Gasteiger partial charge on any atom is 0.268 e. The molecule has 0 saturated heterocycles. The van der Waals surface area contributed by atoms with Gasteiger partial charge in [0.2, 0.25) is 5.95 Å². The van der Waals surface area contributed by atoms with Crippen molar-refractivity contribution >= 4 is 34.8 Å². The Morgan fingerprint density at radius 1 is 1.19 bits per heavy atom. The summed E-state index contributed by atoms with van der Waals surface area (Å²) < 4.78 is 20.4. The second-order valence-corrected chi connectivity index (χ2v) is 8.18. The van der Waals surface area contributed by atoms with Gasteiger partial charge in [-0.15, -0.1) is 16.4 Å². The van der Waals surface area contributed by atoms with Gasteiger partial charge in [0.25, 0.3) is 5.91 Å². The molecule has 1 amide bonds. The molecule has 0 atom stereocenters. The van der Waals surface area contributed by atoms with Crippen LogP contribution < -0.4 is 10.1 Å². The van der Waals surface area contributed by atoms with Gasteiger partial charge in [0.05, 0.1) is 11.4 Å². The third kappa shape index (κ3) is 5.48. The predicted octanol–water partition coefficient (Wildman–Crippen LogP) is 5.32. The molecule has 31 heavy (non-hydrogen) atoms. The van der Waals surface area contributed by atoms with Gasteiger partial charge in [0.1, 0.15) is 24.5 Å². The maximum atomic E-state index is 13.0. The molecule has 0 radical (unpaired) electrons. The third-order valence-electron chi connectivity index (χ3n) is 4.43. The van der Waals surface area contributed by atoms with Gasteiger partial charge in [0.15, 0.2) is 0 Å². The number of aryl methyl sites for hydroxylation is 1. The first-order chi connectivity index (χ1) is 15.0. The van der Waals surface area contributed by atoms with Crippen LogP contribution in [0.5, 0.6) is 5.75 Å². The summed E-state index contributed by atoms with van der Waals surface area (Å²) in [6.07, 6.45) is 1.51. The lowest BCUT2D eigenvalue weighted by Gasteiger charge is -2.06. The van der Waals surface area contributed by atoms with E-state index in [4.69, 9.17) is 16.3 Å². The van der Waals surface area contributed by atoms with Crippen LogP contribution in [0.2, 0.25) is 5.02 Å². The van der Waals surface area contributed by atoms with Gasteiger partial charge in [-0.25, -0.2) is 14.1 Å². The van der Waals surface area contributed by atoms with Crippen LogP contribution in [0.1, 0.15) is 26.4 Å². The molecule has 1 N–H and O–H groups in total. The molecule has 4 aromatic rings. The highest BCUT2D eigenvalue weighted by atomic mass is 35.5. The van der Waals surface area contributed by atoms with Crippen LogP contribution in [0, 0.1) is 12.7 Å². The number of nitrogens with zero attached hydrogens (tertiary/aromatic N) is 3. The number of hydrogen-bond acceptors (Lipinski definition) is 5. The molecule has 0 bridgehead atoms. The van der Waals surface area contributed by atoms with E-state index in [1.54, 1.807) is 28.9 Å². The Morgan fingerprint density at radius 2 is 2.00 bits per heavy atom. The maximum absolute atomic E-state index is 13.0. The lowest BCUT2D eigenvalue weighted by molar-refractivity contribution is 0.102. The van der Waals surface area contributed by atoms with Crippen molar-refractivity contribution in [2.24, 2.45) is 0 Å². The molecule has 0 saturated carbocycles. The van der Waals surface area contributed by atoms with Crippen molar-refractivity contribution in [3.63, 3.8) is 0 Å². The zero-order valence-corrected chi connectivity index (χ0v) is 18.1. The lowest BCUT2D eigenvalue weighted by Crippen LogP contribution is -2.12. The zero-order valence-electron chi connectivity index (χ0n) is 16.5. The van der Waals surface area contributed by atoms with Crippen LogP contribution in [0.4, 0.5) is 10.3 Å². The Hall–Kier alpha value is -3.23. The molecule has 158 valence electrons. The summed E-state index contributed by atoms with van der Waals surface area (Å²) in [6.45, 7) is 2.68. The van der Waals surface area contributed by atoms with Crippen LogP contribution in [-0.4, -0.2) is 20.7 Å². The number of hydrogen-bond donors (Lipinski definition) is 1. The summed E-state index contributed by atoms with van der Waals surface area (Å²) in [7, 11) is 0. The molecule has 2 heterocycles. The number of anilines is 1. The van der Waals surface area contributed by atoms with Crippen molar-refractivity contribution in [1.29, 1.82) is 0 Å². The predicted molar refractivity (Wildman–Crippen MR) is 118 cm³/mol. The summed E-state index contributed by atoms with van der Waals surface area (Å²) >= 11 is 7.34. The fraction of sp³-hybridized carbons (Fsp3) is 0.136. The van der Waals surface area contributed by atoms with Crippen molar-refractivity contribution in [2.75, 3.05) is 5.32 Å². The first-order valence-corrected chi connectivity index (χ1v) is 10.6. The number of rotatable bonds is 7. The molecular weight excluding hydrogens is 439 g/mol. The highest BCUT2D eigenvalue weighted by Gasteiger charge is 2.13. The summed E-state index contributed by atoms with van der Waals surface area (Å²) in [4.78, 5) is 17.1. The molecule has 0 aliphatic heterocycles. The van der Waals surface area contributed by atoms with Crippen molar-refractivity contribution in [3.05, 3.63) is 92.6 Å². The number of benzene rings is 2. The number of ether oxygens (including phenoxy) is 1. The van der Waals surface area contributed by atoms with E-state index in [2.05, 4.69) is 15.4 Å². The Morgan fingerprint density at radius 3 is 2.77 bits per heavy atom. The Balaban J connectivity index is 1.33. The number of carbonyl (C=O) groups is 1. The third-order valence-corrected chi connectivity index (χ3v) is 5.83. The number of halogens is 2. The highest BCUT2D eigenvalue weighted by Crippen LogP contribution is 2.23. The van der Waals surface area contributed by atoms with E-state index in [0.29, 0.717) is 23.1 Å². The standard InChI is InChI=1S/C22H18ClFN4O2S/c1-14-8-18(6-7-19(14)23)30-11-16-9-20(31-12-16)21(29)26-22-25-13-28(27-22)10-15-2-4-17(24)5-3-15/h2-9,12-13H,10-11H2,1H3,(H,26,27,29). The zero-order chi connectivity index (χ0) is 21.8. The first kappa shape index (κ1) is 21.0. The molecule has 0 unspecified atom stereocenters. The average Bonchev–Trinajstić information content (AvgIpc) is 3.40. The van der Waals surface area contributed by atoms with E-state index >= 15 is 0 Å². The van der Waals surface area contributed by atoms with Crippen LogP contribution in [0.25, 0.3) is 0 Å². The van der Waals surface area contributed by atoms with Gasteiger partial charge in [-0.2, -0.15) is 0 Å². The van der Waals surface area contributed by atoms with E-state index in [1.807, 2.05) is 24.4 Å². The van der Waals surface area contributed by atoms with Gasteiger partial charge in [-0.1, -0.05) is 23.7 Å². The minimum atomic E-state index is -0.293. The van der Waals surface area contributed by atoms with Gasteiger partial charge in [-0.3, -0.25) is 10.1 Å². The number of carbonyl (C=O) groups excluding carboxylic acids is 1. The average molecular weight is 457 g/mol. The topological polar surface area (TPSA) is 69.0 Å². The molecule has 0 fully saturated rings. The Kier molecular flexibility index (Phi) is 6.29. The SMILES string of the molecule is Cc1cc(OCc2csc(C(=O)Nc3ncn(Cc4ccc(F)cc4)n3)c2)ccc1Cl. The van der Waals surface area contributed by atoms with E-state index in [9.17, 15) is 9.18 Å². The molecular formula is C22H18ClFN4O2S. The van der Waals surface area contributed by atoms with E-state index in [0.717, 1.165) is 22.4 Å². The van der Waals surface area contributed by atoms with E-state index in [1.165, 1.54) is 29.8 Å². The summed E-state index contributed by atoms with van der Waals surface area (Å²) in [5.74, 6) is 0.336. The number of aromatic nitrogens is 3. The molecule has 2 aromatic heterocycles.